The van der Waals surface area contributed by atoms with Crippen molar-refractivity contribution < 1.29 is 12.8 Å². The van der Waals surface area contributed by atoms with Gasteiger partial charge in [-0.2, -0.15) is 5.10 Å². The van der Waals surface area contributed by atoms with Gasteiger partial charge < -0.3 is 0 Å². The Bertz CT molecular complexity index is 1110. The number of anilines is 1. The van der Waals surface area contributed by atoms with Crippen LogP contribution in [0.3, 0.4) is 0 Å². The van der Waals surface area contributed by atoms with Crippen LogP contribution in [-0.2, 0) is 9.84 Å². The second-order valence-corrected chi connectivity index (χ2v) is 8.81. The van der Waals surface area contributed by atoms with Crippen molar-refractivity contribution in [2.24, 2.45) is 5.10 Å². The van der Waals surface area contributed by atoms with Crippen molar-refractivity contribution >= 4 is 21.2 Å². The van der Waals surface area contributed by atoms with Crippen LogP contribution in [-0.4, -0.2) is 20.4 Å². The molecule has 1 aliphatic rings. The Morgan fingerprint density at radius 2 is 1.57 bits per heavy atom. The minimum Gasteiger partial charge on any atom is -0.257 e. The Balaban J connectivity index is 1.74. The minimum atomic E-state index is -3.26. The molecule has 28 heavy (non-hydrogen) atoms. The zero-order valence-corrected chi connectivity index (χ0v) is 16.1. The Hall–Kier alpha value is -2.99. The molecule has 0 fully saturated rings. The van der Waals surface area contributed by atoms with E-state index in [1.807, 2.05) is 35.3 Å². The van der Waals surface area contributed by atoms with Crippen LogP contribution in [0.5, 0.6) is 0 Å². The maximum atomic E-state index is 13.3. The molecular weight excluding hydrogens is 375 g/mol. The zero-order chi connectivity index (χ0) is 19.7. The van der Waals surface area contributed by atoms with Crippen LogP contribution in [0.1, 0.15) is 23.6 Å². The average molecular weight is 394 g/mol. The summed E-state index contributed by atoms with van der Waals surface area (Å²) in [6.07, 6.45) is 1.86. The van der Waals surface area contributed by atoms with Crippen molar-refractivity contribution in [2.75, 3.05) is 11.3 Å². The number of halogens is 1. The summed E-state index contributed by atoms with van der Waals surface area (Å²) in [5.74, 6) is -0.282. The Morgan fingerprint density at radius 1 is 0.929 bits per heavy atom. The monoisotopic (exact) mass is 394 g/mol. The predicted octanol–water partition coefficient (Wildman–Crippen LogP) is 4.58. The fraction of sp³-hybridized carbons (Fsp3) is 0.136. The van der Waals surface area contributed by atoms with Gasteiger partial charge in [-0.05, 0) is 47.5 Å². The molecule has 0 bridgehead atoms. The molecule has 1 atom stereocenters. The second kappa shape index (κ2) is 7.20. The number of rotatable bonds is 4. The number of hydrogen-bond donors (Lipinski definition) is 0. The van der Waals surface area contributed by atoms with Gasteiger partial charge in [-0.25, -0.2) is 12.8 Å². The molecular formula is C22H19FN2O2S. The van der Waals surface area contributed by atoms with Gasteiger partial charge >= 0.3 is 0 Å². The third-order valence-corrected chi connectivity index (χ3v) is 5.93. The van der Waals surface area contributed by atoms with Crippen molar-refractivity contribution in [2.45, 2.75) is 17.4 Å². The summed E-state index contributed by atoms with van der Waals surface area (Å²) in [6.45, 7) is 0. The highest BCUT2D eigenvalue weighted by Gasteiger charge is 2.30. The second-order valence-electron chi connectivity index (χ2n) is 6.79. The predicted molar refractivity (Wildman–Crippen MR) is 109 cm³/mol. The van der Waals surface area contributed by atoms with Crippen LogP contribution in [0.4, 0.5) is 10.1 Å². The van der Waals surface area contributed by atoms with Crippen molar-refractivity contribution in [1.82, 2.24) is 0 Å². The van der Waals surface area contributed by atoms with Crippen molar-refractivity contribution in [3.63, 3.8) is 0 Å². The van der Waals surface area contributed by atoms with E-state index in [0.717, 1.165) is 22.5 Å². The fourth-order valence-electron chi connectivity index (χ4n) is 3.35. The SMILES string of the molecule is CS(=O)(=O)c1ccc(N2N=C(c3ccc(F)cc3)CC2c2ccccc2)cc1. The van der Waals surface area contributed by atoms with E-state index >= 15 is 0 Å². The van der Waals surface area contributed by atoms with E-state index in [2.05, 4.69) is 0 Å². The van der Waals surface area contributed by atoms with Gasteiger partial charge in [-0.15, -0.1) is 0 Å². The molecule has 0 aromatic heterocycles. The summed E-state index contributed by atoms with van der Waals surface area (Å²) in [4.78, 5) is 0.273. The summed E-state index contributed by atoms with van der Waals surface area (Å²) < 4.78 is 36.8. The molecule has 3 aromatic rings. The van der Waals surface area contributed by atoms with E-state index in [0.29, 0.717) is 6.42 Å². The molecule has 0 aliphatic carbocycles. The molecule has 0 N–H and O–H groups in total. The molecule has 0 spiro atoms. The zero-order valence-electron chi connectivity index (χ0n) is 15.3. The molecule has 4 nitrogen and oxygen atoms in total. The van der Waals surface area contributed by atoms with E-state index in [1.54, 1.807) is 36.4 Å². The lowest BCUT2D eigenvalue weighted by atomic mass is 9.98. The van der Waals surface area contributed by atoms with Crippen LogP contribution in [0.15, 0.2) is 88.9 Å². The van der Waals surface area contributed by atoms with Crippen LogP contribution in [0.2, 0.25) is 0 Å². The third kappa shape index (κ3) is 3.68. The highest BCUT2D eigenvalue weighted by atomic mass is 32.2. The number of hydrogen-bond acceptors (Lipinski definition) is 4. The van der Waals surface area contributed by atoms with E-state index in [4.69, 9.17) is 5.10 Å². The first-order valence-corrected chi connectivity index (χ1v) is 10.8. The molecule has 0 amide bonds. The van der Waals surface area contributed by atoms with Gasteiger partial charge in [-0.3, -0.25) is 5.01 Å². The molecule has 0 saturated carbocycles. The van der Waals surface area contributed by atoms with E-state index in [-0.39, 0.29) is 16.8 Å². The molecule has 0 radical (unpaired) electrons. The van der Waals surface area contributed by atoms with Crippen LogP contribution in [0, 0.1) is 5.82 Å². The van der Waals surface area contributed by atoms with Gasteiger partial charge in [0.2, 0.25) is 0 Å². The van der Waals surface area contributed by atoms with Crippen LogP contribution in [0.25, 0.3) is 0 Å². The standard InChI is InChI=1S/C22H19FN2O2S/c1-28(26,27)20-13-11-19(12-14-20)25-22(17-5-3-2-4-6-17)15-21(24-25)16-7-9-18(23)10-8-16/h2-14,22H,15H2,1H3. The third-order valence-electron chi connectivity index (χ3n) is 4.80. The largest absolute Gasteiger partial charge is 0.257 e. The van der Waals surface area contributed by atoms with E-state index < -0.39 is 9.84 Å². The lowest BCUT2D eigenvalue weighted by Gasteiger charge is -2.24. The number of hydrazone groups is 1. The molecule has 142 valence electrons. The molecule has 3 aromatic carbocycles. The molecule has 1 aliphatic heterocycles. The molecule has 0 saturated heterocycles. The summed E-state index contributed by atoms with van der Waals surface area (Å²) in [7, 11) is -3.26. The van der Waals surface area contributed by atoms with Crippen molar-refractivity contribution in [1.29, 1.82) is 0 Å². The van der Waals surface area contributed by atoms with Gasteiger partial charge in [-0.1, -0.05) is 42.5 Å². The van der Waals surface area contributed by atoms with Gasteiger partial charge in [0, 0.05) is 12.7 Å². The first-order valence-electron chi connectivity index (χ1n) is 8.89. The van der Waals surface area contributed by atoms with E-state index in [9.17, 15) is 12.8 Å². The summed E-state index contributed by atoms with van der Waals surface area (Å²) in [5, 5.41) is 6.69. The van der Waals surface area contributed by atoms with E-state index in [1.165, 1.54) is 18.4 Å². The Labute approximate surface area is 163 Å². The van der Waals surface area contributed by atoms with Crippen molar-refractivity contribution in [3.05, 3.63) is 95.8 Å². The highest BCUT2D eigenvalue weighted by Crippen LogP contribution is 2.36. The molecule has 1 heterocycles. The van der Waals surface area contributed by atoms with Gasteiger partial charge in [0.15, 0.2) is 9.84 Å². The number of benzene rings is 3. The Kier molecular flexibility index (Phi) is 4.73. The normalized spacial score (nSPS) is 16.9. The molecule has 6 heteroatoms. The quantitative estimate of drug-likeness (QED) is 0.651. The fourth-order valence-corrected chi connectivity index (χ4v) is 3.98. The van der Waals surface area contributed by atoms with Gasteiger partial charge in [0.1, 0.15) is 5.82 Å². The van der Waals surface area contributed by atoms with Gasteiger partial charge in [0.05, 0.1) is 22.3 Å². The maximum Gasteiger partial charge on any atom is 0.175 e. The van der Waals surface area contributed by atoms with Gasteiger partial charge in [0.25, 0.3) is 0 Å². The average Bonchev–Trinajstić information content (AvgIpc) is 3.14. The smallest absolute Gasteiger partial charge is 0.175 e. The summed E-state index contributed by atoms with van der Waals surface area (Å²) in [5.41, 5.74) is 3.65. The minimum absolute atomic E-state index is 0.0228. The number of nitrogens with zero attached hydrogens (tertiary/aromatic N) is 2. The number of sulfone groups is 1. The topological polar surface area (TPSA) is 49.7 Å². The molecule has 4 rings (SSSR count). The summed E-state index contributed by atoms with van der Waals surface area (Å²) in [6, 6.07) is 23.0. The maximum absolute atomic E-state index is 13.3. The first kappa shape index (κ1) is 18.4. The van der Waals surface area contributed by atoms with Crippen LogP contribution < -0.4 is 5.01 Å². The first-order chi connectivity index (χ1) is 13.4. The lowest BCUT2D eigenvalue weighted by Crippen LogP contribution is -2.18. The lowest BCUT2D eigenvalue weighted by molar-refractivity contribution is 0.602. The highest BCUT2D eigenvalue weighted by molar-refractivity contribution is 7.90. The Morgan fingerprint density at radius 3 is 2.18 bits per heavy atom. The summed E-state index contributed by atoms with van der Waals surface area (Å²) >= 11 is 0. The van der Waals surface area contributed by atoms with Crippen LogP contribution >= 0.6 is 0 Å². The molecule has 1 unspecified atom stereocenters. The van der Waals surface area contributed by atoms with Crippen molar-refractivity contribution in [3.8, 4) is 0 Å².